The second-order valence-electron chi connectivity index (χ2n) is 3.65. The maximum Gasteiger partial charge on any atom is 0.338 e. The van der Waals surface area contributed by atoms with Gasteiger partial charge in [0.15, 0.2) is 5.78 Å². The number of rotatable bonds is 6. The van der Waals surface area contributed by atoms with Crippen molar-refractivity contribution in [2.45, 2.75) is 18.7 Å². The predicted molar refractivity (Wildman–Crippen MR) is 74.5 cm³/mol. The highest BCUT2D eigenvalue weighted by Crippen LogP contribution is 2.20. The number of hydrogen-bond donors (Lipinski definition) is 0. The van der Waals surface area contributed by atoms with E-state index in [0.29, 0.717) is 23.1 Å². The van der Waals surface area contributed by atoms with Gasteiger partial charge in [0.1, 0.15) is 0 Å². The summed E-state index contributed by atoms with van der Waals surface area (Å²) in [7, 11) is 0. The van der Waals surface area contributed by atoms with Gasteiger partial charge in [-0.05, 0) is 18.1 Å². The number of benzene rings is 1. The number of ether oxygens (including phenoxy) is 1. The summed E-state index contributed by atoms with van der Waals surface area (Å²) >= 11 is 8.82. The first-order valence-electron chi connectivity index (χ1n) is 5.55. The van der Waals surface area contributed by atoms with Crippen LogP contribution in [-0.4, -0.2) is 24.2 Å². The summed E-state index contributed by atoms with van der Waals surface area (Å²) in [5.41, 5.74) is 1.94. The van der Waals surface area contributed by atoms with Crippen molar-refractivity contribution >= 4 is 39.3 Å². The molecule has 3 nitrogen and oxygen atoms in total. The van der Waals surface area contributed by atoms with Crippen LogP contribution in [0.2, 0.25) is 0 Å². The van der Waals surface area contributed by atoms with E-state index in [1.165, 1.54) is 0 Å². The number of alkyl halides is 2. The number of carbonyl (C=O) groups excluding carboxylic acids is 2. The number of halogens is 2. The first-order valence-corrected chi connectivity index (χ1v) is 7.21. The molecule has 1 aromatic rings. The third-order valence-electron chi connectivity index (χ3n) is 2.40. The van der Waals surface area contributed by atoms with E-state index in [2.05, 4.69) is 15.9 Å². The molecule has 18 heavy (non-hydrogen) atoms. The Kier molecular flexibility index (Phi) is 6.36. The minimum Gasteiger partial charge on any atom is -0.462 e. The van der Waals surface area contributed by atoms with Crippen LogP contribution in [0.3, 0.4) is 0 Å². The zero-order valence-electron chi connectivity index (χ0n) is 10.0. The topological polar surface area (TPSA) is 43.4 Å². The number of hydrogen-bond acceptors (Lipinski definition) is 3. The van der Waals surface area contributed by atoms with Crippen LogP contribution < -0.4 is 0 Å². The van der Waals surface area contributed by atoms with Crippen molar-refractivity contribution < 1.29 is 14.3 Å². The lowest BCUT2D eigenvalue weighted by Gasteiger charge is -2.11. The maximum atomic E-state index is 11.9. The van der Waals surface area contributed by atoms with Gasteiger partial charge in [0.2, 0.25) is 0 Å². The highest BCUT2D eigenvalue weighted by atomic mass is 79.9. The zero-order chi connectivity index (χ0) is 13.5. The molecule has 0 heterocycles. The van der Waals surface area contributed by atoms with Gasteiger partial charge < -0.3 is 4.74 Å². The Morgan fingerprint density at radius 2 is 2.00 bits per heavy atom. The van der Waals surface area contributed by atoms with Crippen LogP contribution in [-0.2, 0) is 21.3 Å². The van der Waals surface area contributed by atoms with Crippen molar-refractivity contribution in [3.63, 3.8) is 0 Å². The number of carbonyl (C=O) groups is 2. The highest BCUT2D eigenvalue weighted by Gasteiger charge is 2.18. The molecule has 0 saturated carbocycles. The molecule has 0 aliphatic rings. The molecule has 0 atom stereocenters. The molecule has 0 fully saturated rings. The van der Waals surface area contributed by atoms with Gasteiger partial charge >= 0.3 is 5.97 Å². The van der Waals surface area contributed by atoms with Crippen LogP contribution in [0.4, 0.5) is 0 Å². The van der Waals surface area contributed by atoms with E-state index in [4.69, 9.17) is 16.3 Å². The van der Waals surface area contributed by atoms with Crippen LogP contribution in [0.5, 0.6) is 0 Å². The summed E-state index contributed by atoms with van der Waals surface area (Å²) in [4.78, 5) is 23.3. The van der Waals surface area contributed by atoms with Crippen LogP contribution in [0.25, 0.3) is 0 Å². The van der Waals surface area contributed by atoms with E-state index in [1.807, 2.05) is 12.1 Å². The van der Waals surface area contributed by atoms with Crippen molar-refractivity contribution in [3.8, 4) is 0 Å². The molecule has 0 unspecified atom stereocenters. The van der Waals surface area contributed by atoms with E-state index in [0.717, 1.165) is 5.56 Å². The SMILES string of the molecule is CCOC(=O)c1c(CBr)cccc1CC(=O)CCl. The summed E-state index contributed by atoms with van der Waals surface area (Å²) in [6.45, 7) is 2.05. The number of esters is 1. The Hall–Kier alpha value is -0.870. The van der Waals surface area contributed by atoms with Gasteiger partial charge in [-0.15, -0.1) is 11.6 Å². The molecule has 1 aromatic carbocycles. The largest absolute Gasteiger partial charge is 0.462 e. The van der Waals surface area contributed by atoms with Crippen molar-refractivity contribution in [2.24, 2.45) is 0 Å². The van der Waals surface area contributed by atoms with Crippen LogP contribution >= 0.6 is 27.5 Å². The number of Topliss-reactive ketones (excluding diaryl/α,β-unsaturated/α-hetero) is 1. The lowest BCUT2D eigenvalue weighted by atomic mass is 9.98. The molecule has 0 radical (unpaired) electrons. The quantitative estimate of drug-likeness (QED) is 0.593. The molecule has 5 heteroatoms. The Bertz CT molecular complexity index is 446. The molecule has 0 aromatic heterocycles. The van der Waals surface area contributed by atoms with E-state index >= 15 is 0 Å². The molecule has 98 valence electrons. The molecule has 0 aliphatic carbocycles. The molecule has 0 amide bonds. The summed E-state index contributed by atoms with van der Waals surface area (Å²) in [6.07, 6.45) is 0.151. The van der Waals surface area contributed by atoms with Crippen molar-refractivity contribution in [3.05, 3.63) is 34.9 Å². The third kappa shape index (κ3) is 3.82. The fraction of sp³-hybridized carbons (Fsp3) is 0.385. The van der Waals surface area contributed by atoms with Crippen molar-refractivity contribution in [2.75, 3.05) is 12.5 Å². The Balaban J connectivity index is 3.15. The first-order chi connectivity index (χ1) is 8.63. The van der Waals surface area contributed by atoms with Crippen LogP contribution in [0.1, 0.15) is 28.4 Å². The minimum atomic E-state index is -0.398. The molecule has 0 bridgehead atoms. The Labute approximate surface area is 120 Å². The molecular formula is C13H14BrClO3. The van der Waals surface area contributed by atoms with Gasteiger partial charge in [-0.3, -0.25) is 4.79 Å². The lowest BCUT2D eigenvalue weighted by Crippen LogP contribution is -2.14. The smallest absolute Gasteiger partial charge is 0.338 e. The highest BCUT2D eigenvalue weighted by molar-refractivity contribution is 9.08. The fourth-order valence-electron chi connectivity index (χ4n) is 1.64. The van der Waals surface area contributed by atoms with E-state index < -0.39 is 5.97 Å². The fourth-order valence-corrected chi connectivity index (χ4v) is 2.20. The zero-order valence-corrected chi connectivity index (χ0v) is 12.4. The van der Waals surface area contributed by atoms with E-state index in [-0.39, 0.29) is 18.1 Å². The molecule has 1 rings (SSSR count). The summed E-state index contributed by atoms with van der Waals surface area (Å²) in [5.74, 6) is -0.570. The van der Waals surface area contributed by atoms with Crippen molar-refractivity contribution in [1.29, 1.82) is 0 Å². The molecule has 0 spiro atoms. The first kappa shape index (κ1) is 15.2. The second-order valence-corrected chi connectivity index (χ2v) is 4.48. The third-order valence-corrected chi connectivity index (χ3v) is 3.30. The minimum absolute atomic E-state index is 0.0548. The molecule has 0 aliphatic heterocycles. The van der Waals surface area contributed by atoms with Gasteiger partial charge in [-0.1, -0.05) is 34.1 Å². The monoisotopic (exact) mass is 332 g/mol. The van der Waals surface area contributed by atoms with Gasteiger partial charge in [-0.25, -0.2) is 4.79 Å². The Morgan fingerprint density at radius 1 is 1.33 bits per heavy atom. The van der Waals surface area contributed by atoms with Gasteiger partial charge in [0.25, 0.3) is 0 Å². The van der Waals surface area contributed by atoms with Gasteiger partial charge in [0, 0.05) is 11.8 Å². The molecule has 0 saturated heterocycles. The van der Waals surface area contributed by atoms with Gasteiger partial charge in [0.05, 0.1) is 18.1 Å². The number of ketones is 1. The Morgan fingerprint density at radius 3 is 2.56 bits per heavy atom. The predicted octanol–water partition coefficient (Wildman–Crippen LogP) is 3.11. The average Bonchev–Trinajstić information content (AvgIpc) is 2.38. The average molecular weight is 334 g/mol. The molecule has 0 N–H and O–H groups in total. The van der Waals surface area contributed by atoms with Crippen LogP contribution in [0.15, 0.2) is 18.2 Å². The lowest BCUT2D eigenvalue weighted by molar-refractivity contribution is -0.116. The van der Waals surface area contributed by atoms with Crippen LogP contribution in [0, 0.1) is 0 Å². The van der Waals surface area contributed by atoms with E-state index in [9.17, 15) is 9.59 Å². The van der Waals surface area contributed by atoms with E-state index in [1.54, 1.807) is 13.0 Å². The molecular weight excluding hydrogens is 319 g/mol. The van der Waals surface area contributed by atoms with Gasteiger partial charge in [-0.2, -0.15) is 0 Å². The summed E-state index contributed by atoms with van der Waals surface area (Å²) in [6, 6.07) is 5.40. The summed E-state index contributed by atoms with van der Waals surface area (Å²) < 4.78 is 5.02. The van der Waals surface area contributed by atoms with Crippen molar-refractivity contribution in [1.82, 2.24) is 0 Å². The normalized spacial score (nSPS) is 10.2. The maximum absolute atomic E-state index is 11.9. The second kappa shape index (κ2) is 7.54. The standard InChI is InChI=1S/C13H14BrClO3/c1-2-18-13(17)12-9(6-11(16)8-15)4-3-5-10(12)7-14/h3-5H,2,6-8H2,1H3. The summed E-state index contributed by atoms with van der Waals surface area (Å²) in [5, 5.41) is 0.532.